The first kappa shape index (κ1) is 9.17. The largest absolute Gasteiger partial charge is 0.312 e. The molecule has 64 valence electrons. The number of nitrogens with one attached hydrogen (secondary N) is 1. The quantitative estimate of drug-likeness (QED) is 0.762. The summed E-state index contributed by atoms with van der Waals surface area (Å²) in [5.74, 6) is 0. The van der Waals surface area contributed by atoms with E-state index in [-0.39, 0.29) is 0 Å². The van der Waals surface area contributed by atoms with Crippen molar-refractivity contribution in [1.82, 2.24) is 10.3 Å². The SMILES string of the molecule is CCNCc1cnc(CC#N)s1. The van der Waals surface area contributed by atoms with Gasteiger partial charge in [-0.1, -0.05) is 6.92 Å². The van der Waals surface area contributed by atoms with Crippen molar-refractivity contribution in [3.63, 3.8) is 0 Å². The highest BCUT2D eigenvalue weighted by Crippen LogP contribution is 2.12. The topological polar surface area (TPSA) is 48.7 Å². The van der Waals surface area contributed by atoms with Crippen molar-refractivity contribution in [3.05, 3.63) is 16.1 Å². The minimum absolute atomic E-state index is 0.427. The third kappa shape index (κ3) is 2.61. The molecule has 0 amide bonds. The van der Waals surface area contributed by atoms with E-state index in [1.54, 1.807) is 11.3 Å². The Labute approximate surface area is 76.1 Å². The molecule has 0 unspecified atom stereocenters. The van der Waals surface area contributed by atoms with Gasteiger partial charge in [0, 0.05) is 17.6 Å². The summed E-state index contributed by atoms with van der Waals surface area (Å²) in [5, 5.41) is 12.5. The summed E-state index contributed by atoms with van der Waals surface area (Å²) in [6.45, 7) is 3.89. The van der Waals surface area contributed by atoms with E-state index in [2.05, 4.69) is 23.3 Å². The molecule has 1 aromatic rings. The van der Waals surface area contributed by atoms with Crippen LogP contribution in [0.2, 0.25) is 0 Å². The Morgan fingerprint density at radius 1 is 1.75 bits per heavy atom. The lowest BCUT2D eigenvalue weighted by Gasteiger charge is -1.94. The minimum Gasteiger partial charge on any atom is -0.312 e. The first-order valence-electron chi connectivity index (χ1n) is 3.88. The number of aromatic nitrogens is 1. The highest BCUT2D eigenvalue weighted by atomic mass is 32.1. The second-order valence-corrected chi connectivity index (χ2v) is 3.54. The number of hydrogen-bond acceptors (Lipinski definition) is 4. The first-order valence-corrected chi connectivity index (χ1v) is 4.69. The lowest BCUT2D eigenvalue weighted by molar-refractivity contribution is 0.734. The van der Waals surface area contributed by atoms with Crippen LogP contribution in [0.25, 0.3) is 0 Å². The van der Waals surface area contributed by atoms with E-state index in [0.717, 1.165) is 18.1 Å². The Kier molecular flexibility index (Phi) is 3.71. The number of thiazole rings is 1. The van der Waals surface area contributed by atoms with Crippen LogP contribution in [0.4, 0.5) is 0 Å². The highest BCUT2D eigenvalue weighted by molar-refractivity contribution is 7.11. The third-order valence-corrected chi connectivity index (χ3v) is 2.38. The van der Waals surface area contributed by atoms with Gasteiger partial charge in [0.1, 0.15) is 5.01 Å². The zero-order valence-corrected chi connectivity index (χ0v) is 7.82. The predicted molar refractivity (Wildman–Crippen MR) is 48.8 cm³/mol. The molecule has 0 radical (unpaired) electrons. The summed E-state index contributed by atoms with van der Waals surface area (Å²) in [6, 6.07) is 2.08. The molecule has 0 aromatic carbocycles. The van der Waals surface area contributed by atoms with E-state index in [1.807, 2.05) is 6.20 Å². The first-order chi connectivity index (χ1) is 5.86. The fourth-order valence-electron chi connectivity index (χ4n) is 0.827. The Morgan fingerprint density at radius 3 is 3.25 bits per heavy atom. The number of hydrogen-bond donors (Lipinski definition) is 1. The second-order valence-electron chi connectivity index (χ2n) is 2.34. The van der Waals surface area contributed by atoms with Crippen molar-refractivity contribution in [1.29, 1.82) is 5.26 Å². The smallest absolute Gasteiger partial charge is 0.107 e. The van der Waals surface area contributed by atoms with E-state index in [0.29, 0.717) is 6.42 Å². The van der Waals surface area contributed by atoms with E-state index in [4.69, 9.17) is 5.26 Å². The molecule has 1 aromatic heterocycles. The fraction of sp³-hybridized carbons (Fsp3) is 0.500. The number of rotatable bonds is 4. The van der Waals surface area contributed by atoms with Crippen LogP contribution in [0.3, 0.4) is 0 Å². The summed E-state index contributed by atoms with van der Waals surface area (Å²) in [4.78, 5) is 5.31. The van der Waals surface area contributed by atoms with Crippen molar-refractivity contribution in [2.45, 2.75) is 19.9 Å². The molecule has 12 heavy (non-hydrogen) atoms. The van der Waals surface area contributed by atoms with Gasteiger partial charge in [0.25, 0.3) is 0 Å². The van der Waals surface area contributed by atoms with Crippen LogP contribution in [0.15, 0.2) is 6.20 Å². The van der Waals surface area contributed by atoms with Gasteiger partial charge in [0.15, 0.2) is 0 Å². The van der Waals surface area contributed by atoms with Crippen molar-refractivity contribution in [2.24, 2.45) is 0 Å². The Balaban J connectivity index is 2.48. The molecule has 0 aliphatic heterocycles. The van der Waals surface area contributed by atoms with Gasteiger partial charge in [-0.15, -0.1) is 11.3 Å². The standard InChI is InChI=1S/C8H11N3S/c1-2-10-5-7-6-11-8(12-7)3-4-9/h6,10H,2-3,5H2,1H3. The molecule has 0 atom stereocenters. The molecule has 1 heterocycles. The maximum Gasteiger partial charge on any atom is 0.107 e. The number of nitriles is 1. The molecule has 0 aliphatic rings. The zero-order valence-electron chi connectivity index (χ0n) is 7.00. The summed E-state index contributed by atoms with van der Waals surface area (Å²) in [6.07, 6.45) is 2.26. The summed E-state index contributed by atoms with van der Waals surface area (Å²) in [7, 11) is 0. The van der Waals surface area contributed by atoms with Gasteiger partial charge in [0.05, 0.1) is 12.5 Å². The molecule has 0 bridgehead atoms. The molecule has 4 heteroatoms. The zero-order chi connectivity index (χ0) is 8.81. The van der Waals surface area contributed by atoms with Crippen molar-refractivity contribution in [3.8, 4) is 6.07 Å². The maximum absolute atomic E-state index is 8.41. The van der Waals surface area contributed by atoms with Crippen LogP contribution in [0.1, 0.15) is 16.8 Å². The maximum atomic E-state index is 8.41. The van der Waals surface area contributed by atoms with Crippen LogP contribution < -0.4 is 5.32 Å². The molecular formula is C8H11N3S. The average Bonchev–Trinajstić information content (AvgIpc) is 2.50. The van der Waals surface area contributed by atoms with Gasteiger partial charge in [-0.3, -0.25) is 0 Å². The Bertz CT molecular complexity index is 274. The van der Waals surface area contributed by atoms with E-state index in [9.17, 15) is 0 Å². The average molecular weight is 181 g/mol. The summed E-state index contributed by atoms with van der Waals surface area (Å²) < 4.78 is 0. The number of nitrogens with zero attached hydrogens (tertiary/aromatic N) is 2. The molecule has 0 saturated heterocycles. The van der Waals surface area contributed by atoms with Crippen LogP contribution in [-0.4, -0.2) is 11.5 Å². The summed E-state index contributed by atoms with van der Waals surface area (Å²) >= 11 is 1.60. The van der Waals surface area contributed by atoms with Gasteiger partial charge < -0.3 is 5.32 Å². The van der Waals surface area contributed by atoms with Gasteiger partial charge in [-0.25, -0.2) is 4.98 Å². The van der Waals surface area contributed by atoms with E-state index >= 15 is 0 Å². The molecule has 0 fully saturated rings. The Hall–Kier alpha value is -0.920. The predicted octanol–water partition coefficient (Wildman–Crippen LogP) is 1.32. The molecular weight excluding hydrogens is 170 g/mol. The molecule has 3 nitrogen and oxygen atoms in total. The summed E-state index contributed by atoms with van der Waals surface area (Å²) in [5.41, 5.74) is 0. The lowest BCUT2D eigenvalue weighted by atomic mass is 10.5. The molecule has 1 N–H and O–H groups in total. The van der Waals surface area contributed by atoms with Crippen molar-refractivity contribution < 1.29 is 0 Å². The molecule has 0 saturated carbocycles. The van der Waals surface area contributed by atoms with Crippen LogP contribution >= 0.6 is 11.3 Å². The molecule has 1 rings (SSSR count). The lowest BCUT2D eigenvalue weighted by Crippen LogP contribution is -2.10. The highest BCUT2D eigenvalue weighted by Gasteiger charge is 1.99. The van der Waals surface area contributed by atoms with Crippen molar-refractivity contribution >= 4 is 11.3 Å². The normalized spacial score (nSPS) is 9.67. The van der Waals surface area contributed by atoms with E-state index < -0.39 is 0 Å². The minimum atomic E-state index is 0.427. The van der Waals surface area contributed by atoms with Gasteiger partial charge in [-0.2, -0.15) is 5.26 Å². The van der Waals surface area contributed by atoms with Crippen molar-refractivity contribution in [2.75, 3.05) is 6.54 Å². The Morgan fingerprint density at radius 2 is 2.58 bits per heavy atom. The monoisotopic (exact) mass is 181 g/mol. The van der Waals surface area contributed by atoms with Gasteiger partial charge >= 0.3 is 0 Å². The second kappa shape index (κ2) is 4.86. The van der Waals surface area contributed by atoms with Crippen LogP contribution in [0, 0.1) is 11.3 Å². The fourth-order valence-corrected chi connectivity index (χ4v) is 1.65. The van der Waals surface area contributed by atoms with E-state index in [1.165, 1.54) is 4.88 Å². The van der Waals surface area contributed by atoms with Gasteiger partial charge in [-0.05, 0) is 6.54 Å². The van der Waals surface area contributed by atoms with Crippen LogP contribution in [0.5, 0.6) is 0 Å². The van der Waals surface area contributed by atoms with Gasteiger partial charge in [0.2, 0.25) is 0 Å². The third-order valence-electron chi connectivity index (χ3n) is 1.38. The van der Waals surface area contributed by atoms with Crippen LogP contribution in [-0.2, 0) is 13.0 Å². The molecule has 0 spiro atoms. The molecule has 0 aliphatic carbocycles.